The van der Waals surface area contributed by atoms with E-state index in [-0.39, 0.29) is 17.8 Å². The van der Waals surface area contributed by atoms with E-state index < -0.39 is 29.3 Å². The lowest BCUT2D eigenvalue weighted by Gasteiger charge is -2.09. The molecule has 0 atom stereocenters. The number of benzene rings is 3. The molecule has 0 spiro atoms. The van der Waals surface area contributed by atoms with Crippen LogP contribution in [0.1, 0.15) is 10.4 Å². The van der Waals surface area contributed by atoms with Gasteiger partial charge in [-0.25, -0.2) is 9.78 Å². The molecule has 0 bridgehead atoms. The molecule has 0 fully saturated rings. The Morgan fingerprint density at radius 2 is 1.81 bits per heavy atom. The van der Waals surface area contributed by atoms with E-state index in [4.69, 9.17) is 4.74 Å². The van der Waals surface area contributed by atoms with Gasteiger partial charge in [0.1, 0.15) is 0 Å². The van der Waals surface area contributed by atoms with Gasteiger partial charge >= 0.3 is 5.97 Å². The molecule has 13 heteroatoms. The van der Waals surface area contributed by atoms with Gasteiger partial charge in [0.15, 0.2) is 10.9 Å². The Kier molecular flexibility index (Phi) is 8.48. The Balaban J connectivity index is 1.32. The first kappa shape index (κ1) is 26.3. The van der Waals surface area contributed by atoms with Gasteiger partial charge in [0.25, 0.3) is 11.6 Å². The summed E-state index contributed by atoms with van der Waals surface area (Å²) in [5, 5.41) is 16.6. The number of esters is 1. The lowest BCUT2D eigenvalue weighted by atomic mass is 10.2. The SMILES string of the molecule is O=C(COC(=O)c1ccc(Sc2nc3ccccc3s2)c([N+](=O)[O-])c1)NCC(=O)Nc1ccccc1Br. The smallest absolute Gasteiger partial charge is 0.338 e. The Labute approximate surface area is 226 Å². The fourth-order valence-electron chi connectivity index (χ4n) is 3.06. The van der Waals surface area contributed by atoms with Crippen LogP contribution in [0.15, 0.2) is 80.4 Å². The molecule has 0 aliphatic carbocycles. The minimum atomic E-state index is -0.910. The highest BCUT2D eigenvalue weighted by atomic mass is 79.9. The van der Waals surface area contributed by atoms with E-state index in [2.05, 4.69) is 31.5 Å². The summed E-state index contributed by atoms with van der Waals surface area (Å²) in [5.41, 5.74) is 0.966. The van der Waals surface area contributed by atoms with Gasteiger partial charge in [0, 0.05) is 10.5 Å². The number of nitro benzene ring substituents is 1. The summed E-state index contributed by atoms with van der Waals surface area (Å²) in [7, 11) is 0. The summed E-state index contributed by atoms with van der Waals surface area (Å²) < 4.78 is 7.23. The van der Waals surface area contributed by atoms with E-state index in [1.54, 1.807) is 24.3 Å². The maximum atomic E-state index is 12.4. The van der Waals surface area contributed by atoms with Gasteiger partial charge in [-0.15, -0.1) is 11.3 Å². The van der Waals surface area contributed by atoms with Crippen molar-refractivity contribution in [2.24, 2.45) is 0 Å². The van der Waals surface area contributed by atoms with Crippen molar-refractivity contribution in [2.45, 2.75) is 9.24 Å². The van der Waals surface area contributed by atoms with Crippen molar-refractivity contribution in [3.63, 3.8) is 0 Å². The number of nitrogens with zero attached hydrogens (tertiary/aromatic N) is 2. The van der Waals surface area contributed by atoms with Crippen LogP contribution in [-0.2, 0) is 14.3 Å². The van der Waals surface area contributed by atoms with Gasteiger partial charge < -0.3 is 15.4 Å². The number of aromatic nitrogens is 1. The quantitative estimate of drug-likeness (QED) is 0.155. The second kappa shape index (κ2) is 12.0. The zero-order valence-corrected chi connectivity index (χ0v) is 22.0. The van der Waals surface area contributed by atoms with Crippen molar-refractivity contribution in [2.75, 3.05) is 18.5 Å². The molecule has 0 unspecified atom stereocenters. The van der Waals surface area contributed by atoms with Gasteiger partial charge in [-0.2, -0.15) is 0 Å². The number of rotatable bonds is 9. The van der Waals surface area contributed by atoms with Crippen molar-refractivity contribution in [3.05, 3.63) is 86.9 Å². The predicted molar refractivity (Wildman–Crippen MR) is 143 cm³/mol. The number of fused-ring (bicyclic) bond motifs is 1. The molecule has 4 rings (SSSR count). The molecule has 0 radical (unpaired) electrons. The first-order valence-electron chi connectivity index (χ1n) is 10.6. The molecule has 0 saturated carbocycles. The molecule has 1 heterocycles. The van der Waals surface area contributed by atoms with Crippen LogP contribution in [0.5, 0.6) is 0 Å². The van der Waals surface area contributed by atoms with Gasteiger partial charge in [-0.3, -0.25) is 19.7 Å². The monoisotopic (exact) mass is 600 g/mol. The van der Waals surface area contributed by atoms with Crippen LogP contribution in [0, 0.1) is 10.1 Å². The Morgan fingerprint density at radius 1 is 1.05 bits per heavy atom. The summed E-state index contributed by atoms with van der Waals surface area (Å²) in [4.78, 5) is 52.3. The number of hydrogen-bond donors (Lipinski definition) is 2. The Hall–Kier alpha value is -3.81. The summed E-state index contributed by atoms with van der Waals surface area (Å²) in [6.07, 6.45) is 0. The number of halogens is 1. The van der Waals surface area contributed by atoms with E-state index >= 15 is 0 Å². The topological polar surface area (TPSA) is 141 Å². The van der Waals surface area contributed by atoms with E-state index in [0.717, 1.165) is 28.0 Å². The fourth-order valence-corrected chi connectivity index (χ4v) is 5.56. The second-order valence-corrected chi connectivity index (χ2v) is 10.5. The fraction of sp³-hybridized carbons (Fsp3) is 0.0833. The molecular formula is C24H17BrN4O6S2. The maximum absolute atomic E-state index is 12.4. The zero-order valence-electron chi connectivity index (χ0n) is 18.8. The highest BCUT2D eigenvalue weighted by Crippen LogP contribution is 2.39. The average Bonchev–Trinajstić information content (AvgIpc) is 3.30. The van der Waals surface area contributed by atoms with Crippen molar-refractivity contribution >= 4 is 78.4 Å². The van der Waals surface area contributed by atoms with E-state index in [0.29, 0.717) is 19.4 Å². The lowest BCUT2D eigenvalue weighted by molar-refractivity contribution is -0.387. The largest absolute Gasteiger partial charge is 0.452 e. The first-order valence-corrected chi connectivity index (χ1v) is 13.0. The first-order chi connectivity index (χ1) is 17.8. The molecule has 10 nitrogen and oxygen atoms in total. The molecule has 2 amide bonds. The minimum Gasteiger partial charge on any atom is -0.452 e. The highest BCUT2D eigenvalue weighted by molar-refractivity contribution is 9.10. The number of ether oxygens (including phenoxy) is 1. The van der Waals surface area contributed by atoms with Crippen LogP contribution in [0.3, 0.4) is 0 Å². The molecule has 4 aromatic rings. The number of amides is 2. The molecule has 1 aromatic heterocycles. The third-order valence-corrected chi connectivity index (χ3v) is 7.64. The van der Waals surface area contributed by atoms with Crippen LogP contribution >= 0.6 is 39.0 Å². The number of nitro groups is 1. The van der Waals surface area contributed by atoms with E-state index in [1.807, 2.05) is 24.3 Å². The summed E-state index contributed by atoms with van der Waals surface area (Å²) in [5.74, 6) is -2.08. The molecule has 0 aliphatic heterocycles. The van der Waals surface area contributed by atoms with Crippen LogP contribution in [-0.4, -0.2) is 40.8 Å². The summed E-state index contributed by atoms with van der Waals surface area (Å²) >= 11 is 5.83. The number of nitrogens with one attached hydrogen (secondary N) is 2. The summed E-state index contributed by atoms with van der Waals surface area (Å²) in [6, 6.07) is 18.4. The molecule has 2 N–H and O–H groups in total. The highest BCUT2D eigenvalue weighted by Gasteiger charge is 2.21. The van der Waals surface area contributed by atoms with E-state index in [9.17, 15) is 24.5 Å². The van der Waals surface area contributed by atoms with Gasteiger partial charge in [-0.1, -0.05) is 36.0 Å². The van der Waals surface area contributed by atoms with Crippen molar-refractivity contribution < 1.29 is 24.0 Å². The number of para-hydroxylation sites is 2. The van der Waals surface area contributed by atoms with Crippen LogP contribution in [0.2, 0.25) is 0 Å². The Bertz CT molecular complexity index is 1480. The predicted octanol–water partition coefficient (Wildman–Crippen LogP) is 5.03. The molecular weight excluding hydrogens is 584 g/mol. The average molecular weight is 601 g/mol. The molecule has 0 saturated heterocycles. The number of thiazole rings is 1. The third-order valence-electron chi connectivity index (χ3n) is 4.79. The van der Waals surface area contributed by atoms with E-state index in [1.165, 1.54) is 23.5 Å². The summed E-state index contributed by atoms with van der Waals surface area (Å²) in [6.45, 7) is -0.988. The standard InChI is InChI=1S/C24H17BrN4O6S2/c25-15-5-1-2-6-16(15)27-21(30)12-26-22(31)13-35-23(32)14-9-10-20(18(11-14)29(33)34)37-24-28-17-7-3-4-8-19(17)36-24/h1-11H,12-13H2,(H,26,31)(H,27,30). The maximum Gasteiger partial charge on any atom is 0.338 e. The second-order valence-electron chi connectivity index (χ2n) is 7.37. The molecule has 37 heavy (non-hydrogen) atoms. The van der Waals surface area contributed by atoms with Gasteiger partial charge in [0.05, 0.1) is 37.8 Å². The molecule has 3 aromatic carbocycles. The number of carbonyl (C=O) groups excluding carboxylic acids is 3. The van der Waals surface area contributed by atoms with Gasteiger partial charge in [0.2, 0.25) is 5.91 Å². The third kappa shape index (κ3) is 6.90. The van der Waals surface area contributed by atoms with Crippen molar-refractivity contribution in [1.82, 2.24) is 10.3 Å². The number of carbonyl (C=O) groups is 3. The molecule has 0 aliphatic rings. The lowest BCUT2D eigenvalue weighted by Crippen LogP contribution is -2.35. The van der Waals surface area contributed by atoms with Gasteiger partial charge in [-0.05, 0) is 52.3 Å². The van der Waals surface area contributed by atoms with Crippen molar-refractivity contribution in [3.8, 4) is 0 Å². The van der Waals surface area contributed by atoms with Crippen molar-refractivity contribution in [1.29, 1.82) is 0 Å². The normalized spacial score (nSPS) is 10.6. The number of hydrogen-bond acceptors (Lipinski definition) is 9. The zero-order chi connectivity index (χ0) is 26.4. The van der Waals surface area contributed by atoms with Crippen LogP contribution < -0.4 is 10.6 Å². The Morgan fingerprint density at radius 3 is 2.57 bits per heavy atom. The number of anilines is 1. The van der Waals surface area contributed by atoms with Crippen LogP contribution in [0.25, 0.3) is 10.2 Å². The minimum absolute atomic E-state index is 0.0835. The molecule has 188 valence electrons. The van der Waals surface area contributed by atoms with Crippen LogP contribution in [0.4, 0.5) is 11.4 Å².